The van der Waals surface area contributed by atoms with Gasteiger partial charge < -0.3 is 5.32 Å². The van der Waals surface area contributed by atoms with Gasteiger partial charge in [0.05, 0.1) is 4.58 Å². The topological polar surface area (TPSA) is 24.9 Å². The summed E-state index contributed by atoms with van der Waals surface area (Å²) in [7, 11) is 0. The molecule has 1 aliphatic heterocycles. The fourth-order valence-corrected chi connectivity index (χ4v) is 3.95. The first-order valence-corrected chi connectivity index (χ1v) is 6.84. The third kappa shape index (κ3) is 2.82. The summed E-state index contributed by atoms with van der Waals surface area (Å²) in [6.45, 7) is 3.07. The first kappa shape index (κ1) is 10.2. The highest BCUT2D eigenvalue weighted by Crippen LogP contribution is 2.31. The molecule has 0 spiro atoms. The van der Waals surface area contributed by atoms with Gasteiger partial charge >= 0.3 is 0 Å². The Balaban J connectivity index is 1.82. The maximum absolute atomic E-state index is 4.31. The zero-order chi connectivity index (χ0) is 9.80. The van der Waals surface area contributed by atoms with Crippen LogP contribution in [0.4, 0.5) is 5.82 Å². The minimum atomic E-state index is 0.707. The van der Waals surface area contributed by atoms with Crippen molar-refractivity contribution in [3.63, 3.8) is 0 Å². The monoisotopic (exact) mass is 226 g/mol. The number of nitrogens with zero attached hydrogens (tertiary/aromatic N) is 1. The third-order valence-electron chi connectivity index (χ3n) is 2.05. The zero-order valence-electron chi connectivity index (χ0n) is 8.19. The molecular weight excluding hydrogens is 212 g/mol. The van der Waals surface area contributed by atoms with Gasteiger partial charge in [0.25, 0.3) is 0 Å². The van der Waals surface area contributed by atoms with Crippen LogP contribution in [0.15, 0.2) is 18.3 Å². The minimum Gasteiger partial charge on any atom is -0.368 e. The van der Waals surface area contributed by atoms with Crippen LogP contribution in [-0.4, -0.2) is 27.6 Å². The summed E-state index contributed by atoms with van der Waals surface area (Å²) in [6, 6.07) is 4.13. The molecule has 14 heavy (non-hydrogen) atoms. The SMILES string of the molecule is Cc1ccc(NCC2SCCS2)nc1. The van der Waals surface area contributed by atoms with Crippen molar-refractivity contribution in [2.24, 2.45) is 0 Å². The van der Waals surface area contributed by atoms with E-state index in [-0.39, 0.29) is 0 Å². The molecular formula is C10H14N2S2. The highest BCUT2D eigenvalue weighted by atomic mass is 32.2. The molecule has 76 valence electrons. The van der Waals surface area contributed by atoms with E-state index in [0.29, 0.717) is 4.58 Å². The van der Waals surface area contributed by atoms with E-state index < -0.39 is 0 Å². The summed E-state index contributed by atoms with van der Waals surface area (Å²) < 4.78 is 0.707. The number of thioether (sulfide) groups is 2. The second-order valence-electron chi connectivity index (χ2n) is 3.27. The fourth-order valence-electron chi connectivity index (χ4n) is 1.29. The van der Waals surface area contributed by atoms with E-state index in [1.54, 1.807) is 0 Å². The van der Waals surface area contributed by atoms with E-state index in [1.807, 2.05) is 35.8 Å². The average Bonchev–Trinajstić information content (AvgIpc) is 2.70. The van der Waals surface area contributed by atoms with E-state index in [2.05, 4.69) is 23.3 Å². The van der Waals surface area contributed by atoms with Gasteiger partial charge in [0.2, 0.25) is 0 Å². The number of nitrogens with one attached hydrogen (secondary N) is 1. The van der Waals surface area contributed by atoms with Crippen molar-refractivity contribution < 1.29 is 0 Å². The summed E-state index contributed by atoms with van der Waals surface area (Å²) in [4.78, 5) is 4.31. The number of hydrogen-bond acceptors (Lipinski definition) is 4. The summed E-state index contributed by atoms with van der Waals surface area (Å²) >= 11 is 4.07. The number of anilines is 1. The molecule has 4 heteroatoms. The second kappa shape index (κ2) is 4.94. The molecule has 0 unspecified atom stereocenters. The third-order valence-corrected chi connectivity index (χ3v) is 5.08. The molecule has 0 aromatic carbocycles. The maximum atomic E-state index is 4.31. The molecule has 1 N–H and O–H groups in total. The van der Waals surface area contributed by atoms with Gasteiger partial charge in [-0.2, -0.15) is 0 Å². The van der Waals surface area contributed by atoms with Gasteiger partial charge in [-0.3, -0.25) is 0 Å². The average molecular weight is 226 g/mol. The van der Waals surface area contributed by atoms with Crippen molar-refractivity contribution in [3.8, 4) is 0 Å². The van der Waals surface area contributed by atoms with E-state index in [4.69, 9.17) is 0 Å². The molecule has 1 aromatic heterocycles. The van der Waals surface area contributed by atoms with E-state index >= 15 is 0 Å². The zero-order valence-corrected chi connectivity index (χ0v) is 9.83. The molecule has 1 aliphatic rings. The molecule has 1 aromatic rings. The molecule has 0 radical (unpaired) electrons. The lowest BCUT2D eigenvalue weighted by Gasteiger charge is -2.09. The Morgan fingerprint density at radius 2 is 2.21 bits per heavy atom. The highest BCUT2D eigenvalue weighted by Gasteiger charge is 2.15. The van der Waals surface area contributed by atoms with Crippen molar-refractivity contribution in [3.05, 3.63) is 23.9 Å². The van der Waals surface area contributed by atoms with E-state index in [1.165, 1.54) is 17.1 Å². The van der Waals surface area contributed by atoms with Gasteiger partial charge in [0.1, 0.15) is 5.82 Å². The lowest BCUT2D eigenvalue weighted by molar-refractivity contribution is 1.13. The summed E-state index contributed by atoms with van der Waals surface area (Å²) in [6.07, 6.45) is 1.90. The van der Waals surface area contributed by atoms with Crippen LogP contribution in [0.3, 0.4) is 0 Å². The largest absolute Gasteiger partial charge is 0.368 e. The quantitative estimate of drug-likeness (QED) is 0.856. The lowest BCUT2D eigenvalue weighted by atomic mass is 10.3. The van der Waals surface area contributed by atoms with E-state index in [9.17, 15) is 0 Å². The fraction of sp³-hybridized carbons (Fsp3) is 0.500. The molecule has 2 rings (SSSR count). The number of pyridine rings is 1. The van der Waals surface area contributed by atoms with Gasteiger partial charge in [-0.05, 0) is 18.6 Å². The Hall–Kier alpha value is -0.350. The minimum absolute atomic E-state index is 0.707. The lowest BCUT2D eigenvalue weighted by Crippen LogP contribution is -2.11. The number of hydrogen-bond donors (Lipinski definition) is 1. The number of aryl methyl sites for hydroxylation is 1. The van der Waals surface area contributed by atoms with Crippen LogP contribution in [0, 0.1) is 6.92 Å². The predicted octanol–water partition coefficient (Wildman–Crippen LogP) is 2.61. The smallest absolute Gasteiger partial charge is 0.125 e. The Morgan fingerprint density at radius 3 is 2.86 bits per heavy atom. The van der Waals surface area contributed by atoms with Crippen LogP contribution in [0.25, 0.3) is 0 Å². The molecule has 0 aliphatic carbocycles. The van der Waals surface area contributed by atoms with Crippen molar-refractivity contribution in [1.82, 2.24) is 4.98 Å². The van der Waals surface area contributed by atoms with Gasteiger partial charge in [-0.25, -0.2) is 4.98 Å². The highest BCUT2D eigenvalue weighted by molar-refractivity contribution is 8.20. The molecule has 0 atom stereocenters. The van der Waals surface area contributed by atoms with Crippen LogP contribution >= 0.6 is 23.5 Å². The van der Waals surface area contributed by atoms with Crippen LogP contribution < -0.4 is 5.32 Å². The van der Waals surface area contributed by atoms with Crippen molar-refractivity contribution >= 4 is 29.3 Å². The van der Waals surface area contributed by atoms with Gasteiger partial charge in [0, 0.05) is 24.2 Å². The first-order valence-electron chi connectivity index (χ1n) is 4.74. The van der Waals surface area contributed by atoms with Gasteiger partial charge in [-0.15, -0.1) is 23.5 Å². The number of aromatic nitrogens is 1. The normalized spacial score (nSPS) is 17.2. The molecule has 2 nitrogen and oxygen atoms in total. The standard InChI is InChI=1S/C10H14N2S2/c1-8-2-3-9(11-6-8)12-7-10-13-4-5-14-10/h2-3,6,10H,4-5,7H2,1H3,(H,11,12). The van der Waals surface area contributed by atoms with Crippen LogP contribution in [0.1, 0.15) is 5.56 Å². The summed E-state index contributed by atoms with van der Waals surface area (Å²) in [5, 5.41) is 3.36. The Bertz CT molecular complexity index is 281. The summed E-state index contributed by atoms with van der Waals surface area (Å²) in [5.41, 5.74) is 1.21. The maximum Gasteiger partial charge on any atom is 0.125 e. The molecule has 0 bridgehead atoms. The first-order chi connectivity index (χ1) is 6.84. The van der Waals surface area contributed by atoms with Gasteiger partial charge in [0.15, 0.2) is 0 Å². The molecule has 2 heterocycles. The molecule has 0 amide bonds. The molecule has 0 saturated carbocycles. The molecule has 1 fully saturated rings. The Morgan fingerprint density at radius 1 is 1.43 bits per heavy atom. The molecule has 1 saturated heterocycles. The van der Waals surface area contributed by atoms with Crippen molar-refractivity contribution in [1.29, 1.82) is 0 Å². The Kier molecular flexibility index (Phi) is 3.59. The van der Waals surface area contributed by atoms with Crippen LogP contribution in [-0.2, 0) is 0 Å². The number of rotatable bonds is 3. The summed E-state index contributed by atoms with van der Waals surface area (Å²) in [5.74, 6) is 3.57. The second-order valence-corrected chi connectivity index (χ2v) is 6.19. The van der Waals surface area contributed by atoms with Crippen LogP contribution in [0.5, 0.6) is 0 Å². The van der Waals surface area contributed by atoms with Gasteiger partial charge in [-0.1, -0.05) is 6.07 Å². The van der Waals surface area contributed by atoms with E-state index in [0.717, 1.165) is 12.4 Å². The van der Waals surface area contributed by atoms with Crippen molar-refractivity contribution in [2.75, 3.05) is 23.4 Å². The predicted molar refractivity (Wildman–Crippen MR) is 66.2 cm³/mol. The van der Waals surface area contributed by atoms with Crippen LogP contribution in [0.2, 0.25) is 0 Å². The Labute approximate surface area is 93.3 Å². The van der Waals surface area contributed by atoms with Crippen molar-refractivity contribution in [2.45, 2.75) is 11.5 Å².